The van der Waals surface area contributed by atoms with Crippen molar-refractivity contribution in [3.63, 3.8) is 0 Å². The summed E-state index contributed by atoms with van der Waals surface area (Å²) >= 11 is 0. The van der Waals surface area contributed by atoms with Crippen molar-refractivity contribution >= 4 is 0 Å². The monoisotopic (exact) mass is 215 g/mol. The van der Waals surface area contributed by atoms with Gasteiger partial charge >= 0.3 is 0 Å². The fraction of sp³-hybridized carbons (Fsp3) is 1.00. The van der Waals surface area contributed by atoms with Crippen LogP contribution in [0.5, 0.6) is 0 Å². The molecule has 2 nitrogen and oxygen atoms in total. The zero-order valence-corrected chi connectivity index (χ0v) is 11.4. The first-order chi connectivity index (χ1) is 7.09. The van der Waals surface area contributed by atoms with E-state index in [1.165, 1.54) is 12.8 Å². The molecular weight excluding hydrogens is 186 g/mol. The minimum Gasteiger partial charge on any atom is -0.374 e. The van der Waals surface area contributed by atoms with Crippen LogP contribution < -0.4 is 5.32 Å². The van der Waals surface area contributed by atoms with E-state index in [-0.39, 0.29) is 5.60 Å². The molecule has 0 aromatic rings. The van der Waals surface area contributed by atoms with Gasteiger partial charge in [-0.15, -0.1) is 0 Å². The van der Waals surface area contributed by atoms with Crippen LogP contribution in [0.3, 0.4) is 0 Å². The van der Waals surface area contributed by atoms with Gasteiger partial charge in [-0.3, -0.25) is 0 Å². The Morgan fingerprint density at radius 1 is 1.13 bits per heavy atom. The van der Waals surface area contributed by atoms with Crippen LogP contribution in [-0.2, 0) is 4.74 Å². The Bertz CT molecular complexity index is 157. The standard InChI is InChI=1S/C13H29NO/c1-7-11(8-2)12(14-6)13(5,9-3)15-10-4/h11-12,14H,7-10H2,1-6H3. The summed E-state index contributed by atoms with van der Waals surface area (Å²) in [7, 11) is 2.05. The van der Waals surface area contributed by atoms with E-state index in [4.69, 9.17) is 4.74 Å². The number of likely N-dealkylation sites (N-methyl/N-ethyl adjacent to an activating group) is 1. The second-order valence-corrected chi connectivity index (χ2v) is 4.44. The van der Waals surface area contributed by atoms with Gasteiger partial charge in [-0.05, 0) is 33.2 Å². The maximum Gasteiger partial charge on any atom is 0.0806 e. The predicted octanol–water partition coefficient (Wildman–Crippen LogP) is 3.22. The summed E-state index contributed by atoms with van der Waals surface area (Å²) in [5.41, 5.74) is -0.0276. The van der Waals surface area contributed by atoms with Gasteiger partial charge in [-0.25, -0.2) is 0 Å². The summed E-state index contributed by atoms with van der Waals surface area (Å²) in [6.45, 7) is 11.8. The normalized spacial score (nSPS) is 17.8. The van der Waals surface area contributed by atoms with Crippen LogP contribution in [0.15, 0.2) is 0 Å². The van der Waals surface area contributed by atoms with Crippen LogP contribution in [-0.4, -0.2) is 25.3 Å². The molecule has 0 aromatic heterocycles. The molecule has 2 atom stereocenters. The molecule has 0 aliphatic carbocycles. The van der Waals surface area contributed by atoms with Crippen molar-refractivity contribution in [1.82, 2.24) is 5.32 Å². The predicted molar refractivity (Wildman–Crippen MR) is 67.2 cm³/mol. The SMILES string of the molecule is CCOC(C)(CC)C(NC)C(CC)CC. The van der Waals surface area contributed by atoms with E-state index in [1.54, 1.807) is 0 Å². The minimum absolute atomic E-state index is 0.0276. The van der Waals surface area contributed by atoms with Crippen molar-refractivity contribution in [1.29, 1.82) is 0 Å². The molecule has 2 heteroatoms. The molecule has 0 saturated carbocycles. The van der Waals surface area contributed by atoms with Gasteiger partial charge in [0.2, 0.25) is 0 Å². The summed E-state index contributed by atoms with van der Waals surface area (Å²) in [5, 5.41) is 3.46. The van der Waals surface area contributed by atoms with Gasteiger partial charge in [0.05, 0.1) is 5.60 Å². The van der Waals surface area contributed by atoms with E-state index in [0.717, 1.165) is 13.0 Å². The lowest BCUT2D eigenvalue weighted by atomic mass is 9.81. The van der Waals surface area contributed by atoms with Crippen LogP contribution in [0.4, 0.5) is 0 Å². The highest BCUT2D eigenvalue weighted by atomic mass is 16.5. The van der Waals surface area contributed by atoms with Gasteiger partial charge in [0.1, 0.15) is 0 Å². The lowest BCUT2D eigenvalue weighted by molar-refractivity contribution is -0.0684. The number of ether oxygens (including phenoxy) is 1. The maximum atomic E-state index is 5.95. The Labute approximate surface area is 95.8 Å². The van der Waals surface area contributed by atoms with Crippen molar-refractivity contribution in [2.75, 3.05) is 13.7 Å². The quantitative estimate of drug-likeness (QED) is 0.671. The van der Waals surface area contributed by atoms with E-state index in [2.05, 4.69) is 47.0 Å². The Hall–Kier alpha value is -0.0800. The van der Waals surface area contributed by atoms with Crippen molar-refractivity contribution in [2.24, 2.45) is 5.92 Å². The lowest BCUT2D eigenvalue weighted by Gasteiger charge is -2.41. The smallest absolute Gasteiger partial charge is 0.0806 e. The van der Waals surface area contributed by atoms with Crippen molar-refractivity contribution in [2.45, 2.75) is 65.5 Å². The van der Waals surface area contributed by atoms with Gasteiger partial charge < -0.3 is 10.1 Å². The number of hydrogen-bond acceptors (Lipinski definition) is 2. The molecule has 0 aromatic carbocycles. The number of hydrogen-bond donors (Lipinski definition) is 1. The highest BCUT2D eigenvalue weighted by Gasteiger charge is 2.36. The zero-order chi connectivity index (χ0) is 11.9. The van der Waals surface area contributed by atoms with Crippen LogP contribution in [0.2, 0.25) is 0 Å². The molecule has 0 aliphatic rings. The maximum absolute atomic E-state index is 5.95. The summed E-state index contributed by atoms with van der Waals surface area (Å²) in [5.74, 6) is 0.700. The van der Waals surface area contributed by atoms with Crippen molar-refractivity contribution in [3.8, 4) is 0 Å². The first-order valence-electron chi connectivity index (χ1n) is 6.40. The Morgan fingerprint density at radius 2 is 1.67 bits per heavy atom. The number of nitrogens with one attached hydrogen (secondary N) is 1. The van der Waals surface area contributed by atoms with Crippen molar-refractivity contribution < 1.29 is 4.74 Å². The van der Waals surface area contributed by atoms with Crippen LogP contribution >= 0.6 is 0 Å². The summed E-state index contributed by atoms with van der Waals surface area (Å²) in [6.07, 6.45) is 3.48. The molecule has 0 amide bonds. The van der Waals surface area contributed by atoms with E-state index in [0.29, 0.717) is 12.0 Å². The molecule has 1 N–H and O–H groups in total. The first-order valence-corrected chi connectivity index (χ1v) is 6.40. The van der Waals surface area contributed by atoms with Gasteiger partial charge in [0.15, 0.2) is 0 Å². The van der Waals surface area contributed by atoms with E-state index in [9.17, 15) is 0 Å². The molecule has 0 aliphatic heterocycles. The highest BCUT2D eigenvalue weighted by Crippen LogP contribution is 2.28. The fourth-order valence-electron chi connectivity index (χ4n) is 2.54. The molecule has 15 heavy (non-hydrogen) atoms. The minimum atomic E-state index is -0.0276. The Morgan fingerprint density at radius 3 is 1.93 bits per heavy atom. The second kappa shape index (κ2) is 7.24. The van der Waals surface area contributed by atoms with E-state index < -0.39 is 0 Å². The highest BCUT2D eigenvalue weighted by molar-refractivity contribution is 4.91. The van der Waals surface area contributed by atoms with Crippen LogP contribution in [0.1, 0.15) is 53.9 Å². The van der Waals surface area contributed by atoms with Gasteiger partial charge in [0, 0.05) is 12.6 Å². The van der Waals surface area contributed by atoms with Crippen molar-refractivity contribution in [3.05, 3.63) is 0 Å². The molecule has 0 heterocycles. The lowest BCUT2D eigenvalue weighted by Crippen LogP contribution is -2.53. The first kappa shape index (κ1) is 14.9. The molecule has 0 radical (unpaired) electrons. The zero-order valence-electron chi connectivity index (χ0n) is 11.4. The molecule has 0 fully saturated rings. The topological polar surface area (TPSA) is 21.3 Å². The van der Waals surface area contributed by atoms with Crippen LogP contribution in [0.25, 0.3) is 0 Å². The Kier molecular flexibility index (Phi) is 7.20. The summed E-state index contributed by atoms with van der Waals surface area (Å²) in [6, 6.07) is 0.456. The molecule has 0 spiro atoms. The molecule has 0 saturated heterocycles. The third kappa shape index (κ3) is 3.76. The number of rotatable bonds is 8. The van der Waals surface area contributed by atoms with E-state index >= 15 is 0 Å². The van der Waals surface area contributed by atoms with E-state index in [1.807, 2.05) is 0 Å². The molecule has 92 valence electrons. The van der Waals surface area contributed by atoms with Gasteiger partial charge in [-0.2, -0.15) is 0 Å². The summed E-state index contributed by atoms with van der Waals surface area (Å²) < 4.78 is 5.95. The van der Waals surface area contributed by atoms with Gasteiger partial charge in [0.25, 0.3) is 0 Å². The van der Waals surface area contributed by atoms with Gasteiger partial charge in [-0.1, -0.05) is 33.6 Å². The third-order valence-electron chi connectivity index (χ3n) is 3.67. The van der Waals surface area contributed by atoms with Crippen LogP contribution in [0, 0.1) is 5.92 Å². The molecule has 2 unspecified atom stereocenters. The average Bonchev–Trinajstić information content (AvgIpc) is 2.25. The third-order valence-corrected chi connectivity index (χ3v) is 3.67. The Balaban J connectivity index is 4.71. The largest absolute Gasteiger partial charge is 0.374 e. The molecular formula is C13H29NO. The molecule has 0 bridgehead atoms. The molecule has 0 rings (SSSR count). The second-order valence-electron chi connectivity index (χ2n) is 4.44. The average molecular weight is 215 g/mol. The fourth-order valence-corrected chi connectivity index (χ4v) is 2.54. The summed E-state index contributed by atoms with van der Waals surface area (Å²) in [4.78, 5) is 0.